The highest BCUT2D eigenvalue weighted by atomic mass is 32.2. The molecule has 0 aromatic heterocycles. The summed E-state index contributed by atoms with van der Waals surface area (Å²) in [7, 11) is 0. The summed E-state index contributed by atoms with van der Waals surface area (Å²) in [6.45, 7) is 3.26. The Hall–Kier alpha value is -2.00. The van der Waals surface area contributed by atoms with Crippen LogP contribution >= 0.6 is 11.8 Å². The van der Waals surface area contributed by atoms with Crippen LogP contribution in [0.15, 0.2) is 24.3 Å². The first-order valence-corrected chi connectivity index (χ1v) is 8.34. The minimum absolute atomic E-state index is 0.0285. The molecule has 6 heteroatoms. The highest BCUT2D eigenvalue weighted by Gasteiger charge is 2.32. The molecular formula is C16H19N3O2S. The summed E-state index contributed by atoms with van der Waals surface area (Å²) >= 11 is 1.25. The number of carbonyl (C=O) groups is 2. The molecule has 1 saturated heterocycles. The number of likely N-dealkylation sites (tertiary alicyclic amines) is 1. The molecule has 1 atom stereocenters. The fourth-order valence-corrected chi connectivity index (χ4v) is 2.83. The van der Waals surface area contributed by atoms with E-state index in [0.717, 1.165) is 5.56 Å². The summed E-state index contributed by atoms with van der Waals surface area (Å²) < 4.78 is 0. The van der Waals surface area contributed by atoms with Gasteiger partial charge < -0.3 is 10.2 Å². The van der Waals surface area contributed by atoms with Crippen molar-refractivity contribution < 1.29 is 9.59 Å². The maximum atomic E-state index is 12.3. The predicted molar refractivity (Wildman–Crippen MR) is 86.1 cm³/mol. The van der Waals surface area contributed by atoms with Crippen LogP contribution in [0.4, 0.5) is 0 Å². The van der Waals surface area contributed by atoms with Crippen molar-refractivity contribution in [2.75, 3.05) is 18.1 Å². The molecule has 2 amide bonds. The van der Waals surface area contributed by atoms with E-state index in [0.29, 0.717) is 19.5 Å². The Morgan fingerprint density at radius 2 is 2.18 bits per heavy atom. The van der Waals surface area contributed by atoms with E-state index < -0.39 is 6.04 Å². The Balaban J connectivity index is 1.83. The minimum atomic E-state index is -0.430. The third kappa shape index (κ3) is 4.50. The Morgan fingerprint density at radius 1 is 1.45 bits per heavy atom. The van der Waals surface area contributed by atoms with Gasteiger partial charge in [-0.15, -0.1) is 11.8 Å². The third-order valence-corrected chi connectivity index (χ3v) is 4.33. The number of amides is 2. The standard InChI is InChI=1S/C16H19N3O2S/c1-12-2-4-13(5-3-12)10-19-8-6-14(16(19)21)18-15(20)11-22-9-7-17/h2-5,14H,6,8-11H2,1H3,(H,18,20)/t14-/m1/s1. The lowest BCUT2D eigenvalue weighted by Crippen LogP contribution is -2.42. The number of nitrogens with one attached hydrogen (secondary N) is 1. The summed E-state index contributed by atoms with van der Waals surface area (Å²) in [5.74, 6) is 0.288. The molecule has 0 bridgehead atoms. The number of nitriles is 1. The summed E-state index contributed by atoms with van der Waals surface area (Å²) in [5.41, 5.74) is 2.28. The maximum absolute atomic E-state index is 12.3. The Kier molecular flexibility index (Phi) is 5.84. The van der Waals surface area contributed by atoms with Crippen LogP contribution in [0.25, 0.3) is 0 Å². The zero-order valence-electron chi connectivity index (χ0n) is 12.5. The summed E-state index contributed by atoms with van der Waals surface area (Å²) in [4.78, 5) is 25.8. The smallest absolute Gasteiger partial charge is 0.245 e. The largest absolute Gasteiger partial charge is 0.344 e. The van der Waals surface area contributed by atoms with Crippen molar-refractivity contribution in [3.05, 3.63) is 35.4 Å². The SMILES string of the molecule is Cc1ccc(CN2CC[C@@H](NC(=O)CSCC#N)C2=O)cc1. The zero-order valence-corrected chi connectivity index (χ0v) is 13.4. The summed E-state index contributed by atoms with van der Waals surface area (Å²) in [6, 6.07) is 9.64. The molecule has 0 saturated carbocycles. The summed E-state index contributed by atoms with van der Waals surface area (Å²) in [5, 5.41) is 11.2. The normalized spacial score (nSPS) is 17.4. The molecule has 1 aromatic rings. The highest BCUT2D eigenvalue weighted by molar-refractivity contribution is 8.00. The van der Waals surface area contributed by atoms with Gasteiger partial charge in [-0.3, -0.25) is 9.59 Å². The first-order valence-electron chi connectivity index (χ1n) is 7.18. The second-order valence-corrected chi connectivity index (χ2v) is 6.29. The van der Waals surface area contributed by atoms with E-state index in [1.165, 1.54) is 17.3 Å². The number of carbonyl (C=O) groups excluding carboxylic acids is 2. The van der Waals surface area contributed by atoms with Crippen LogP contribution in [-0.4, -0.2) is 40.8 Å². The van der Waals surface area contributed by atoms with Gasteiger partial charge in [0.15, 0.2) is 0 Å². The molecule has 5 nitrogen and oxygen atoms in total. The number of benzene rings is 1. The van der Waals surface area contributed by atoms with Gasteiger partial charge in [0, 0.05) is 13.1 Å². The topological polar surface area (TPSA) is 73.2 Å². The van der Waals surface area contributed by atoms with Gasteiger partial charge in [-0.1, -0.05) is 29.8 Å². The fourth-order valence-electron chi connectivity index (χ4n) is 2.37. The van der Waals surface area contributed by atoms with Gasteiger partial charge in [-0.05, 0) is 18.9 Å². The Morgan fingerprint density at radius 3 is 2.86 bits per heavy atom. The lowest BCUT2D eigenvalue weighted by atomic mass is 10.1. The molecule has 1 fully saturated rings. The van der Waals surface area contributed by atoms with Gasteiger partial charge in [0.05, 0.1) is 17.6 Å². The fraction of sp³-hybridized carbons (Fsp3) is 0.438. The molecule has 0 spiro atoms. The number of thioether (sulfide) groups is 1. The van der Waals surface area contributed by atoms with Crippen molar-refractivity contribution in [2.45, 2.75) is 25.9 Å². The molecule has 1 N–H and O–H groups in total. The van der Waals surface area contributed by atoms with Crippen LogP contribution in [0.2, 0.25) is 0 Å². The number of rotatable bonds is 6. The van der Waals surface area contributed by atoms with E-state index in [1.54, 1.807) is 4.90 Å². The second kappa shape index (κ2) is 7.85. The van der Waals surface area contributed by atoms with Gasteiger partial charge in [-0.2, -0.15) is 5.26 Å². The van der Waals surface area contributed by atoms with Crippen molar-refractivity contribution in [1.29, 1.82) is 5.26 Å². The minimum Gasteiger partial charge on any atom is -0.344 e. The van der Waals surface area contributed by atoms with E-state index in [4.69, 9.17) is 5.26 Å². The monoisotopic (exact) mass is 317 g/mol. The van der Waals surface area contributed by atoms with E-state index in [9.17, 15) is 9.59 Å². The zero-order chi connectivity index (χ0) is 15.9. The van der Waals surface area contributed by atoms with Crippen LogP contribution in [0.1, 0.15) is 17.5 Å². The average molecular weight is 317 g/mol. The van der Waals surface area contributed by atoms with E-state index in [-0.39, 0.29) is 23.3 Å². The van der Waals surface area contributed by atoms with Crippen LogP contribution < -0.4 is 5.32 Å². The molecule has 0 aliphatic carbocycles. The number of hydrogen-bond acceptors (Lipinski definition) is 4. The first kappa shape index (κ1) is 16.4. The molecule has 2 rings (SSSR count). The molecule has 0 radical (unpaired) electrons. The van der Waals surface area contributed by atoms with Crippen molar-refractivity contribution >= 4 is 23.6 Å². The summed E-state index contributed by atoms with van der Waals surface area (Å²) in [6.07, 6.45) is 0.638. The molecule has 1 aliphatic heterocycles. The second-order valence-electron chi connectivity index (χ2n) is 5.31. The van der Waals surface area contributed by atoms with E-state index >= 15 is 0 Å². The third-order valence-electron chi connectivity index (χ3n) is 3.53. The molecule has 1 heterocycles. The highest BCUT2D eigenvalue weighted by Crippen LogP contribution is 2.16. The first-order chi connectivity index (χ1) is 10.6. The van der Waals surface area contributed by atoms with Gasteiger partial charge in [-0.25, -0.2) is 0 Å². The van der Waals surface area contributed by atoms with Crippen molar-refractivity contribution in [3.63, 3.8) is 0 Å². The quantitative estimate of drug-likeness (QED) is 0.806. The molecular weight excluding hydrogens is 298 g/mol. The number of hydrogen-bond donors (Lipinski definition) is 1. The van der Waals surface area contributed by atoms with Crippen LogP contribution in [0.5, 0.6) is 0 Å². The van der Waals surface area contributed by atoms with Crippen molar-refractivity contribution in [1.82, 2.24) is 10.2 Å². The lowest BCUT2D eigenvalue weighted by molar-refractivity contribution is -0.132. The van der Waals surface area contributed by atoms with Crippen LogP contribution in [0, 0.1) is 18.3 Å². The van der Waals surface area contributed by atoms with Crippen molar-refractivity contribution in [3.8, 4) is 6.07 Å². The van der Waals surface area contributed by atoms with Gasteiger partial charge >= 0.3 is 0 Å². The average Bonchev–Trinajstić information content (AvgIpc) is 2.83. The molecule has 1 aromatic carbocycles. The Bertz CT molecular complexity index is 580. The molecule has 22 heavy (non-hydrogen) atoms. The molecule has 116 valence electrons. The number of aryl methyl sites for hydroxylation is 1. The lowest BCUT2D eigenvalue weighted by Gasteiger charge is -2.17. The van der Waals surface area contributed by atoms with Crippen molar-refractivity contribution in [2.24, 2.45) is 0 Å². The van der Waals surface area contributed by atoms with E-state index in [1.807, 2.05) is 37.3 Å². The van der Waals surface area contributed by atoms with E-state index in [2.05, 4.69) is 5.32 Å². The van der Waals surface area contributed by atoms with Gasteiger partial charge in [0.1, 0.15) is 6.04 Å². The van der Waals surface area contributed by atoms with Gasteiger partial charge in [0.25, 0.3) is 0 Å². The van der Waals surface area contributed by atoms with Crippen LogP contribution in [-0.2, 0) is 16.1 Å². The maximum Gasteiger partial charge on any atom is 0.245 e. The molecule has 0 unspecified atom stereocenters. The number of nitrogens with zero attached hydrogens (tertiary/aromatic N) is 2. The molecule has 1 aliphatic rings. The van der Waals surface area contributed by atoms with Gasteiger partial charge in [0.2, 0.25) is 11.8 Å². The Labute approximate surface area is 134 Å². The predicted octanol–water partition coefficient (Wildman–Crippen LogP) is 1.47. The van der Waals surface area contributed by atoms with Crippen LogP contribution in [0.3, 0.4) is 0 Å².